The lowest BCUT2D eigenvalue weighted by atomic mass is 9.98. The lowest BCUT2D eigenvalue weighted by Crippen LogP contribution is -2.71. The molecule has 3 aliphatic rings. The highest BCUT2D eigenvalue weighted by Crippen LogP contribution is 2.44. The molecule has 14 nitrogen and oxygen atoms in total. The number of nitrogens with zero attached hydrogens (tertiary/aromatic N) is 3. The molecule has 1 aromatic heterocycles. The largest absolute Gasteiger partial charge is 0.458 e. The zero-order valence-electron chi connectivity index (χ0n) is 22.5. The van der Waals surface area contributed by atoms with Gasteiger partial charge >= 0.3 is 17.9 Å². The Labute approximate surface area is 247 Å². The van der Waals surface area contributed by atoms with Crippen molar-refractivity contribution in [2.24, 2.45) is 10.6 Å². The van der Waals surface area contributed by atoms with Crippen LogP contribution in [0.1, 0.15) is 26.5 Å². The number of anilines is 1. The Balaban J connectivity index is 1.51. The van der Waals surface area contributed by atoms with Crippen molar-refractivity contribution in [3.05, 3.63) is 33.3 Å². The summed E-state index contributed by atoms with van der Waals surface area (Å²) in [6.07, 6.45) is 1.65. The molecule has 1 aromatic rings. The SMILES string of the molecule is CON=C(C(=O)N[C@@H]1C(=O)N2C(C(=O)OCOC(=O)C(C)(C)C)=C(SCC3=CCOC3=O)CS[C@@H]12)c1csc(N)n1. The number of nitrogens with two attached hydrogens (primary N) is 1. The van der Waals surface area contributed by atoms with E-state index in [4.69, 9.17) is 24.8 Å². The second-order valence-electron chi connectivity index (χ2n) is 9.67. The Bertz CT molecular complexity index is 1360. The van der Waals surface area contributed by atoms with Crippen molar-refractivity contribution < 1.29 is 43.0 Å². The van der Waals surface area contributed by atoms with E-state index in [2.05, 4.69) is 15.5 Å². The fraction of sp³-hybridized carbons (Fsp3) is 0.458. The summed E-state index contributed by atoms with van der Waals surface area (Å²) in [5.74, 6) is -2.70. The number of oxime groups is 1. The molecular formula is C24H27N5O9S3. The lowest BCUT2D eigenvalue weighted by molar-refractivity contribution is -0.173. The Kier molecular flexibility index (Phi) is 9.28. The van der Waals surface area contributed by atoms with Crippen LogP contribution in [-0.4, -0.2) is 88.7 Å². The molecule has 0 bridgehead atoms. The van der Waals surface area contributed by atoms with E-state index in [1.54, 1.807) is 26.8 Å². The number of ether oxygens (including phenoxy) is 3. The van der Waals surface area contributed by atoms with Gasteiger partial charge in [0.15, 0.2) is 10.8 Å². The average molecular weight is 626 g/mol. The first-order chi connectivity index (χ1) is 19.4. The molecule has 0 spiro atoms. The minimum atomic E-state index is -0.994. The van der Waals surface area contributed by atoms with Crippen molar-refractivity contribution in [1.82, 2.24) is 15.2 Å². The molecule has 4 heterocycles. The van der Waals surface area contributed by atoms with Gasteiger partial charge < -0.3 is 30.1 Å². The average Bonchev–Trinajstić information content (AvgIpc) is 3.54. The van der Waals surface area contributed by atoms with Crippen molar-refractivity contribution in [3.8, 4) is 0 Å². The van der Waals surface area contributed by atoms with Crippen LogP contribution in [0.4, 0.5) is 5.13 Å². The van der Waals surface area contributed by atoms with Gasteiger partial charge in [0, 0.05) is 27.4 Å². The summed E-state index contributed by atoms with van der Waals surface area (Å²) in [7, 11) is 1.26. The number of β-lactam (4-membered cyclic amide) rings is 1. The molecule has 2 amide bonds. The molecule has 220 valence electrons. The van der Waals surface area contributed by atoms with Gasteiger partial charge in [0.2, 0.25) is 6.79 Å². The first-order valence-electron chi connectivity index (χ1n) is 12.1. The highest BCUT2D eigenvalue weighted by molar-refractivity contribution is 8.06. The molecule has 41 heavy (non-hydrogen) atoms. The summed E-state index contributed by atoms with van der Waals surface area (Å²) in [5.41, 5.74) is 5.26. The van der Waals surface area contributed by atoms with Crippen LogP contribution in [0.15, 0.2) is 32.8 Å². The van der Waals surface area contributed by atoms with Gasteiger partial charge in [0.05, 0.1) is 5.41 Å². The van der Waals surface area contributed by atoms with E-state index < -0.39 is 53.3 Å². The molecular weight excluding hydrogens is 598 g/mol. The van der Waals surface area contributed by atoms with Gasteiger partial charge in [-0.15, -0.1) is 34.9 Å². The summed E-state index contributed by atoms with van der Waals surface area (Å²) >= 11 is 3.61. The smallest absolute Gasteiger partial charge is 0.358 e. The summed E-state index contributed by atoms with van der Waals surface area (Å²) < 4.78 is 15.2. The number of nitrogen functional groups attached to an aromatic ring is 1. The minimum Gasteiger partial charge on any atom is -0.458 e. The van der Waals surface area contributed by atoms with E-state index in [0.29, 0.717) is 10.5 Å². The standard InChI is InChI=1S/C24H27N5O9S3/c1-24(2,3)22(34)38-10-37-21(33)16-13(39-7-11-5-6-36-20(11)32)9-40-19-15(18(31)29(16)19)27-17(30)14(28-35-4)12-8-41-23(25)26-12/h5,8,15,19H,6-7,9-10H2,1-4H3,(H2,25,26)(H,27,30)/t15-,19+/m1/s1. The number of hydrogen-bond acceptors (Lipinski definition) is 15. The van der Waals surface area contributed by atoms with Crippen LogP contribution < -0.4 is 11.1 Å². The van der Waals surface area contributed by atoms with Crippen LogP contribution in [0, 0.1) is 5.41 Å². The maximum atomic E-state index is 13.3. The fourth-order valence-corrected chi connectivity index (χ4v) is 6.85. The number of thiazole rings is 1. The molecule has 1 fully saturated rings. The third-order valence-corrected chi connectivity index (χ3v) is 9.05. The van der Waals surface area contributed by atoms with Crippen molar-refractivity contribution in [1.29, 1.82) is 0 Å². The molecule has 3 aliphatic heterocycles. The molecule has 0 aliphatic carbocycles. The third-order valence-electron chi connectivity index (χ3n) is 5.78. The van der Waals surface area contributed by atoms with Gasteiger partial charge in [-0.1, -0.05) is 5.16 Å². The Morgan fingerprint density at radius 3 is 2.66 bits per heavy atom. The Morgan fingerprint density at radius 1 is 1.29 bits per heavy atom. The minimum absolute atomic E-state index is 0.0499. The van der Waals surface area contributed by atoms with Gasteiger partial charge in [0.1, 0.15) is 36.5 Å². The molecule has 0 saturated carbocycles. The number of nitrogens with one attached hydrogen (secondary N) is 1. The third kappa shape index (κ3) is 6.68. The molecule has 0 aromatic carbocycles. The predicted molar refractivity (Wildman–Crippen MR) is 150 cm³/mol. The van der Waals surface area contributed by atoms with Crippen LogP contribution in [0.25, 0.3) is 0 Å². The number of amides is 2. The van der Waals surface area contributed by atoms with Gasteiger partial charge in [-0.25, -0.2) is 14.6 Å². The van der Waals surface area contributed by atoms with Crippen LogP contribution in [-0.2, 0) is 43.0 Å². The van der Waals surface area contributed by atoms with E-state index in [9.17, 15) is 24.0 Å². The highest BCUT2D eigenvalue weighted by atomic mass is 32.2. The zero-order chi connectivity index (χ0) is 29.9. The topological polar surface area (TPSA) is 189 Å². The molecule has 2 atom stereocenters. The van der Waals surface area contributed by atoms with Gasteiger partial charge in [-0.05, 0) is 26.8 Å². The maximum absolute atomic E-state index is 13.3. The van der Waals surface area contributed by atoms with Crippen molar-refractivity contribution in [3.63, 3.8) is 0 Å². The van der Waals surface area contributed by atoms with E-state index in [-0.39, 0.29) is 40.3 Å². The quantitative estimate of drug-likeness (QED) is 0.123. The van der Waals surface area contributed by atoms with Crippen LogP contribution >= 0.6 is 34.9 Å². The molecule has 0 unspecified atom stereocenters. The fourth-order valence-electron chi connectivity index (χ4n) is 3.69. The second-order valence-corrected chi connectivity index (χ2v) is 12.7. The summed E-state index contributed by atoms with van der Waals surface area (Å²) in [4.78, 5) is 74.0. The zero-order valence-corrected chi connectivity index (χ0v) is 24.9. The monoisotopic (exact) mass is 625 g/mol. The Morgan fingerprint density at radius 2 is 2.05 bits per heavy atom. The molecule has 4 rings (SSSR count). The number of hydrogen-bond donors (Lipinski definition) is 2. The van der Waals surface area contributed by atoms with E-state index in [1.807, 2.05) is 0 Å². The molecule has 0 radical (unpaired) electrons. The first-order valence-corrected chi connectivity index (χ1v) is 15.0. The normalized spacial score (nSPS) is 20.5. The van der Waals surface area contributed by atoms with E-state index in [1.165, 1.54) is 40.9 Å². The Hall–Kier alpha value is -3.57. The maximum Gasteiger partial charge on any atom is 0.358 e. The summed E-state index contributed by atoms with van der Waals surface area (Å²) in [6, 6.07) is -0.994. The number of aromatic nitrogens is 1. The number of fused-ring (bicyclic) bond motifs is 1. The van der Waals surface area contributed by atoms with E-state index in [0.717, 1.165) is 11.3 Å². The van der Waals surface area contributed by atoms with Crippen LogP contribution in [0.5, 0.6) is 0 Å². The number of carbonyl (C=O) groups excluding carboxylic acids is 5. The summed E-state index contributed by atoms with van der Waals surface area (Å²) in [6.45, 7) is 4.48. The van der Waals surface area contributed by atoms with Crippen LogP contribution in [0.2, 0.25) is 0 Å². The van der Waals surface area contributed by atoms with Gasteiger partial charge in [0.25, 0.3) is 11.8 Å². The molecule has 1 saturated heterocycles. The second kappa shape index (κ2) is 12.5. The molecule has 3 N–H and O–H groups in total. The van der Waals surface area contributed by atoms with Crippen LogP contribution in [0.3, 0.4) is 0 Å². The predicted octanol–water partition coefficient (Wildman–Crippen LogP) is 0.994. The van der Waals surface area contributed by atoms with Gasteiger partial charge in [-0.3, -0.25) is 19.3 Å². The molecule has 17 heteroatoms. The van der Waals surface area contributed by atoms with Crippen molar-refractivity contribution in [2.75, 3.05) is 37.7 Å². The highest BCUT2D eigenvalue weighted by Gasteiger charge is 2.55. The first kappa shape index (κ1) is 30.4. The van der Waals surface area contributed by atoms with Gasteiger partial charge in [-0.2, -0.15) is 0 Å². The number of cyclic esters (lactones) is 1. The number of rotatable bonds is 10. The number of esters is 3. The number of thioether (sulfide) groups is 2. The summed E-state index contributed by atoms with van der Waals surface area (Å²) in [5, 5.41) is 7.46. The van der Waals surface area contributed by atoms with Crippen molar-refractivity contribution >= 4 is 75.4 Å². The number of carbonyl (C=O) groups is 5. The van der Waals surface area contributed by atoms with E-state index >= 15 is 0 Å². The van der Waals surface area contributed by atoms with Crippen molar-refractivity contribution in [2.45, 2.75) is 32.2 Å². The lowest BCUT2D eigenvalue weighted by Gasteiger charge is -2.49.